The number of piperidine rings is 1. The molecule has 2 aromatic heterocycles. The largest absolute Gasteiger partial charge is 0.342 e. The van der Waals surface area contributed by atoms with Gasteiger partial charge >= 0.3 is 0 Å². The number of likely N-dealkylation sites (tertiary alicyclic amines) is 1. The normalized spacial score (nSPS) is 16.2. The molecule has 6 heteroatoms. The van der Waals surface area contributed by atoms with E-state index in [0.717, 1.165) is 52.9 Å². The number of hydrogen-bond donors (Lipinski definition) is 0. The minimum absolute atomic E-state index is 0.236. The zero-order valence-corrected chi connectivity index (χ0v) is 17.4. The van der Waals surface area contributed by atoms with Crippen molar-refractivity contribution in [1.82, 2.24) is 14.9 Å². The first-order valence-corrected chi connectivity index (χ1v) is 10.8. The van der Waals surface area contributed by atoms with Crippen molar-refractivity contribution in [1.29, 1.82) is 0 Å². The SMILES string of the molecule is Cc1sc2nc(C(C)C)nc(SCC(=O)N3CCC(C)CC3)c2c1C. The Morgan fingerprint density at radius 2 is 1.96 bits per heavy atom. The van der Waals surface area contributed by atoms with E-state index in [1.807, 2.05) is 4.90 Å². The Bertz CT molecular complexity index is 777. The van der Waals surface area contributed by atoms with E-state index in [2.05, 4.69) is 34.6 Å². The van der Waals surface area contributed by atoms with Crippen LogP contribution in [0.1, 0.15) is 55.8 Å². The summed E-state index contributed by atoms with van der Waals surface area (Å²) in [6.07, 6.45) is 2.24. The highest BCUT2D eigenvalue weighted by molar-refractivity contribution is 8.00. The number of nitrogens with zero attached hydrogens (tertiary/aromatic N) is 3. The Morgan fingerprint density at radius 1 is 1.28 bits per heavy atom. The topological polar surface area (TPSA) is 46.1 Å². The predicted octanol–water partition coefficient (Wildman–Crippen LogP) is 4.78. The Hall–Kier alpha value is -1.14. The molecule has 1 fully saturated rings. The molecule has 136 valence electrons. The molecule has 1 aliphatic rings. The van der Waals surface area contributed by atoms with Gasteiger partial charge in [-0.05, 0) is 38.2 Å². The molecule has 3 rings (SSSR count). The third-order valence-corrected chi connectivity index (χ3v) is 7.06. The number of carbonyl (C=O) groups is 1. The lowest BCUT2D eigenvalue weighted by atomic mass is 9.99. The highest BCUT2D eigenvalue weighted by Crippen LogP contribution is 2.36. The lowest BCUT2D eigenvalue weighted by Gasteiger charge is -2.30. The Kier molecular flexibility index (Phi) is 5.68. The molecule has 1 aliphatic heterocycles. The maximum absolute atomic E-state index is 12.6. The molecular formula is C19H27N3OS2. The summed E-state index contributed by atoms with van der Waals surface area (Å²) >= 11 is 3.30. The molecular weight excluding hydrogens is 350 g/mol. The molecule has 0 aromatic carbocycles. The van der Waals surface area contributed by atoms with Crippen LogP contribution in [0.5, 0.6) is 0 Å². The predicted molar refractivity (Wildman–Crippen MR) is 107 cm³/mol. The number of aryl methyl sites for hydroxylation is 2. The molecule has 2 aromatic rings. The number of carbonyl (C=O) groups excluding carboxylic acids is 1. The van der Waals surface area contributed by atoms with E-state index >= 15 is 0 Å². The van der Waals surface area contributed by atoms with Gasteiger partial charge in [-0.2, -0.15) is 0 Å². The van der Waals surface area contributed by atoms with Crippen LogP contribution < -0.4 is 0 Å². The zero-order valence-electron chi connectivity index (χ0n) is 15.8. The van der Waals surface area contributed by atoms with Gasteiger partial charge in [0.2, 0.25) is 5.91 Å². The van der Waals surface area contributed by atoms with E-state index in [1.165, 1.54) is 10.4 Å². The number of aromatic nitrogens is 2. The number of amides is 1. The first kappa shape index (κ1) is 18.6. The molecule has 4 nitrogen and oxygen atoms in total. The van der Waals surface area contributed by atoms with Crippen LogP contribution in [0.25, 0.3) is 10.2 Å². The molecule has 3 heterocycles. The van der Waals surface area contributed by atoms with Crippen LogP contribution in [0.15, 0.2) is 5.03 Å². The van der Waals surface area contributed by atoms with Crippen molar-refractivity contribution in [3.63, 3.8) is 0 Å². The van der Waals surface area contributed by atoms with Crippen LogP contribution in [-0.4, -0.2) is 39.6 Å². The van der Waals surface area contributed by atoms with Gasteiger partial charge in [-0.25, -0.2) is 9.97 Å². The number of thiophene rings is 1. The van der Waals surface area contributed by atoms with Crippen LogP contribution in [0.3, 0.4) is 0 Å². The second-order valence-corrected chi connectivity index (χ2v) is 9.52. The Balaban J connectivity index is 1.81. The maximum Gasteiger partial charge on any atom is 0.232 e. The molecule has 0 saturated carbocycles. The fourth-order valence-electron chi connectivity index (χ4n) is 3.07. The summed E-state index contributed by atoms with van der Waals surface area (Å²) in [6, 6.07) is 0. The van der Waals surface area contributed by atoms with Crippen LogP contribution in [0.4, 0.5) is 0 Å². The average Bonchev–Trinajstić information content (AvgIpc) is 2.87. The van der Waals surface area contributed by atoms with Crippen molar-refractivity contribution in [3.05, 3.63) is 16.3 Å². The van der Waals surface area contributed by atoms with E-state index < -0.39 is 0 Å². The van der Waals surface area contributed by atoms with Gasteiger partial charge in [0.1, 0.15) is 15.7 Å². The minimum Gasteiger partial charge on any atom is -0.342 e. The van der Waals surface area contributed by atoms with Crippen molar-refractivity contribution >= 4 is 39.2 Å². The van der Waals surface area contributed by atoms with Gasteiger partial charge < -0.3 is 4.90 Å². The Morgan fingerprint density at radius 3 is 2.60 bits per heavy atom. The van der Waals surface area contributed by atoms with E-state index in [9.17, 15) is 4.79 Å². The monoisotopic (exact) mass is 377 g/mol. The molecule has 0 N–H and O–H groups in total. The summed E-state index contributed by atoms with van der Waals surface area (Å²) in [6.45, 7) is 12.5. The molecule has 0 spiro atoms. The summed E-state index contributed by atoms with van der Waals surface area (Å²) in [4.78, 5) is 26.5. The second-order valence-electron chi connectivity index (χ2n) is 7.36. The van der Waals surface area contributed by atoms with Crippen LogP contribution in [-0.2, 0) is 4.79 Å². The second kappa shape index (κ2) is 7.62. The lowest BCUT2D eigenvalue weighted by Crippen LogP contribution is -2.38. The lowest BCUT2D eigenvalue weighted by molar-refractivity contribution is -0.129. The minimum atomic E-state index is 0.236. The van der Waals surface area contributed by atoms with Crippen molar-refractivity contribution < 1.29 is 4.79 Å². The Labute approximate surface area is 158 Å². The summed E-state index contributed by atoms with van der Waals surface area (Å²) in [7, 11) is 0. The number of fused-ring (bicyclic) bond motifs is 1. The average molecular weight is 378 g/mol. The third kappa shape index (κ3) is 4.00. The molecule has 0 aliphatic carbocycles. The van der Waals surface area contributed by atoms with Crippen LogP contribution >= 0.6 is 23.1 Å². The first-order valence-electron chi connectivity index (χ1n) is 9.05. The third-order valence-electron chi connectivity index (χ3n) is 5.00. The molecule has 0 radical (unpaired) electrons. The van der Waals surface area contributed by atoms with Gasteiger partial charge in [0.05, 0.1) is 5.75 Å². The molecule has 0 bridgehead atoms. The zero-order chi connectivity index (χ0) is 18.1. The van der Waals surface area contributed by atoms with Gasteiger partial charge in [-0.3, -0.25) is 4.79 Å². The van der Waals surface area contributed by atoms with Gasteiger partial charge in [0.15, 0.2) is 0 Å². The highest BCUT2D eigenvalue weighted by atomic mass is 32.2. The van der Waals surface area contributed by atoms with Gasteiger partial charge in [0, 0.05) is 29.3 Å². The van der Waals surface area contributed by atoms with E-state index in [-0.39, 0.29) is 11.8 Å². The molecule has 0 atom stereocenters. The van der Waals surface area contributed by atoms with Gasteiger partial charge in [-0.1, -0.05) is 32.5 Å². The summed E-state index contributed by atoms with van der Waals surface area (Å²) < 4.78 is 0. The maximum atomic E-state index is 12.6. The van der Waals surface area contributed by atoms with E-state index in [0.29, 0.717) is 5.75 Å². The van der Waals surface area contributed by atoms with Crippen molar-refractivity contribution in [2.45, 2.75) is 58.4 Å². The van der Waals surface area contributed by atoms with E-state index in [1.54, 1.807) is 23.1 Å². The molecule has 0 unspecified atom stereocenters. The summed E-state index contributed by atoms with van der Waals surface area (Å²) in [5.74, 6) is 2.59. The number of rotatable bonds is 4. The van der Waals surface area contributed by atoms with Crippen molar-refractivity contribution in [2.75, 3.05) is 18.8 Å². The number of hydrogen-bond acceptors (Lipinski definition) is 5. The standard InChI is InChI=1S/C19H27N3OS2/c1-11(2)17-20-18(16-13(4)14(5)25-19(16)21-17)24-10-15(23)22-8-6-12(3)7-9-22/h11-12H,6-10H2,1-5H3. The van der Waals surface area contributed by atoms with Gasteiger partial charge in [-0.15, -0.1) is 11.3 Å². The highest BCUT2D eigenvalue weighted by Gasteiger charge is 2.22. The quantitative estimate of drug-likeness (QED) is 0.568. The fraction of sp³-hybridized carbons (Fsp3) is 0.632. The fourth-order valence-corrected chi connectivity index (χ4v) is 5.17. The van der Waals surface area contributed by atoms with Crippen LogP contribution in [0, 0.1) is 19.8 Å². The molecule has 1 amide bonds. The smallest absolute Gasteiger partial charge is 0.232 e. The van der Waals surface area contributed by atoms with Gasteiger partial charge in [0.25, 0.3) is 0 Å². The first-order chi connectivity index (χ1) is 11.9. The van der Waals surface area contributed by atoms with E-state index in [4.69, 9.17) is 9.97 Å². The number of thioether (sulfide) groups is 1. The van der Waals surface area contributed by atoms with Crippen molar-refractivity contribution in [2.24, 2.45) is 5.92 Å². The summed E-state index contributed by atoms with van der Waals surface area (Å²) in [5, 5.41) is 2.10. The molecule has 1 saturated heterocycles. The van der Waals surface area contributed by atoms with Crippen molar-refractivity contribution in [3.8, 4) is 0 Å². The summed E-state index contributed by atoms with van der Waals surface area (Å²) in [5.41, 5.74) is 1.25. The van der Waals surface area contributed by atoms with Crippen LogP contribution in [0.2, 0.25) is 0 Å². The molecule has 25 heavy (non-hydrogen) atoms.